The molecule has 9 heteroatoms. The summed E-state index contributed by atoms with van der Waals surface area (Å²) in [6.45, 7) is 1.19. The molecule has 1 heterocycles. The lowest BCUT2D eigenvalue weighted by Gasteiger charge is -2.15. The van der Waals surface area contributed by atoms with E-state index in [4.69, 9.17) is 0 Å². The molecule has 1 aromatic carbocycles. The van der Waals surface area contributed by atoms with E-state index in [2.05, 4.69) is 5.32 Å². The second-order valence-corrected chi connectivity index (χ2v) is 7.02. The summed E-state index contributed by atoms with van der Waals surface area (Å²) in [4.78, 5) is 24.8. The highest BCUT2D eigenvalue weighted by Crippen LogP contribution is 2.18. The first-order valence-electron chi connectivity index (χ1n) is 7.00. The average Bonchev–Trinajstić information content (AvgIpc) is 3.06. The smallest absolute Gasteiger partial charge is 0.341 e. The van der Waals surface area contributed by atoms with Crippen LogP contribution in [0.4, 0.5) is 8.78 Å². The third-order valence-electron chi connectivity index (χ3n) is 3.54. The van der Waals surface area contributed by atoms with Gasteiger partial charge in [-0.2, -0.15) is 8.78 Å². The molecule has 23 heavy (non-hydrogen) atoms. The second-order valence-electron chi connectivity index (χ2n) is 5.10. The van der Waals surface area contributed by atoms with Crippen LogP contribution in [0, 0.1) is 0 Å². The minimum Gasteiger partial charge on any atom is -0.343 e. The van der Waals surface area contributed by atoms with Crippen molar-refractivity contribution in [1.82, 2.24) is 10.2 Å². The summed E-state index contributed by atoms with van der Waals surface area (Å²) >= 11 is 0. The van der Waals surface area contributed by atoms with Gasteiger partial charge in [0.25, 0.3) is 5.91 Å². The Kier molecular flexibility index (Phi) is 5.30. The van der Waals surface area contributed by atoms with Crippen LogP contribution in [-0.4, -0.2) is 50.5 Å². The predicted octanol–water partition coefficient (Wildman–Crippen LogP) is 1.04. The molecule has 0 aliphatic carbocycles. The number of benzene rings is 1. The monoisotopic (exact) mass is 346 g/mol. The summed E-state index contributed by atoms with van der Waals surface area (Å²) in [5.41, 5.74) is 0.0902. The Hall–Kier alpha value is -2.03. The van der Waals surface area contributed by atoms with E-state index in [1.807, 2.05) is 0 Å². The maximum Gasteiger partial charge on any atom is 0.341 e. The van der Waals surface area contributed by atoms with Crippen molar-refractivity contribution >= 4 is 21.7 Å². The number of hydrogen-bond acceptors (Lipinski definition) is 4. The van der Waals surface area contributed by atoms with E-state index in [-0.39, 0.29) is 18.0 Å². The molecule has 1 aliphatic rings. The Balaban J connectivity index is 1.96. The standard InChI is InChI=1S/C14H16F2N2O4S/c15-14(16)23(21,22)11-5-3-10(4-6-11)13(20)17-9-12(19)18-7-1-2-8-18/h3-6,14H,1-2,7-9H2,(H,17,20). The van der Waals surface area contributed by atoms with Crippen molar-refractivity contribution in [3.8, 4) is 0 Å². The van der Waals surface area contributed by atoms with Crippen LogP contribution in [-0.2, 0) is 14.6 Å². The molecule has 6 nitrogen and oxygen atoms in total. The maximum absolute atomic E-state index is 12.4. The topological polar surface area (TPSA) is 83.6 Å². The van der Waals surface area contributed by atoms with Crippen LogP contribution in [0.25, 0.3) is 0 Å². The van der Waals surface area contributed by atoms with Gasteiger partial charge in [-0.05, 0) is 37.1 Å². The zero-order chi connectivity index (χ0) is 17.0. The molecule has 0 radical (unpaired) electrons. The molecule has 1 N–H and O–H groups in total. The number of nitrogens with one attached hydrogen (secondary N) is 1. The van der Waals surface area contributed by atoms with Gasteiger partial charge in [0.2, 0.25) is 15.7 Å². The molecular weight excluding hydrogens is 330 g/mol. The van der Waals surface area contributed by atoms with Gasteiger partial charge in [0, 0.05) is 18.7 Å². The molecule has 1 aromatic rings. The summed E-state index contributed by atoms with van der Waals surface area (Å²) in [7, 11) is -4.68. The molecular formula is C14H16F2N2O4S. The van der Waals surface area contributed by atoms with Crippen LogP contribution in [0.15, 0.2) is 29.2 Å². The van der Waals surface area contributed by atoms with Crippen molar-refractivity contribution in [3.63, 3.8) is 0 Å². The molecule has 0 unspecified atom stereocenters. The summed E-state index contributed by atoms with van der Waals surface area (Å²) in [6.07, 6.45) is 1.89. The van der Waals surface area contributed by atoms with E-state index in [1.54, 1.807) is 4.90 Å². The van der Waals surface area contributed by atoms with E-state index < -0.39 is 26.4 Å². The minimum absolute atomic E-state index is 0.0902. The number of sulfone groups is 1. The molecule has 0 saturated carbocycles. The van der Waals surface area contributed by atoms with E-state index in [1.165, 1.54) is 0 Å². The van der Waals surface area contributed by atoms with Crippen LogP contribution in [0.2, 0.25) is 0 Å². The number of likely N-dealkylation sites (tertiary alicyclic amines) is 1. The zero-order valence-electron chi connectivity index (χ0n) is 12.2. The molecule has 2 rings (SSSR count). The highest BCUT2D eigenvalue weighted by atomic mass is 32.2. The Morgan fingerprint density at radius 1 is 1.13 bits per heavy atom. The molecule has 0 atom stereocenters. The summed E-state index contributed by atoms with van der Waals surface area (Å²) < 4.78 is 47.4. The van der Waals surface area contributed by atoms with Gasteiger partial charge in [0.15, 0.2) is 0 Å². The van der Waals surface area contributed by atoms with E-state index >= 15 is 0 Å². The maximum atomic E-state index is 12.4. The zero-order valence-corrected chi connectivity index (χ0v) is 13.0. The Morgan fingerprint density at radius 2 is 1.70 bits per heavy atom. The molecule has 2 amide bonds. The lowest BCUT2D eigenvalue weighted by molar-refractivity contribution is -0.129. The summed E-state index contributed by atoms with van der Waals surface area (Å²) in [5, 5.41) is 2.43. The van der Waals surface area contributed by atoms with Crippen LogP contribution in [0.5, 0.6) is 0 Å². The molecule has 126 valence electrons. The highest BCUT2D eigenvalue weighted by molar-refractivity contribution is 7.91. The van der Waals surface area contributed by atoms with E-state index in [9.17, 15) is 26.8 Å². The highest BCUT2D eigenvalue weighted by Gasteiger charge is 2.26. The third-order valence-corrected chi connectivity index (χ3v) is 4.94. The first kappa shape index (κ1) is 17.3. The number of rotatable bonds is 5. The molecule has 1 saturated heterocycles. The van der Waals surface area contributed by atoms with Crippen molar-refractivity contribution in [3.05, 3.63) is 29.8 Å². The Morgan fingerprint density at radius 3 is 2.22 bits per heavy atom. The number of nitrogens with zero attached hydrogens (tertiary/aromatic N) is 1. The summed E-state index contributed by atoms with van der Waals surface area (Å²) in [5.74, 6) is -4.27. The largest absolute Gasteiger partial charge is 0.343 e. The lowest BCUT2D eigenvalue weighted by atomic mass is 10.2. The molecule has 1 aliphatic heterocycles. The van der Waals surface area contributed by atoms with Gasteiger partial charge < -0.3 is 10.2 Å². The van der Waals surface area contributed by atoms with Gasteiger partial charge in [0.05, 0.1) is 11.4 Å². The Bertz CT molecular complexity index is 683. The lowest BCUT2D eigenvalue weighted by Crippen LogP contribution is -2.38. The van der Waals surface area contributed by atoms with Crippen LogP contribution in [0.3, 0.4) is 0 Å². The van der Waals surface area contributed by atoms with Crippen molar-refractivity contribution in [2.75, 3.05) is 19.6 Å². The number of amides is 2. The fourth-order valence-corrected chi connectivity index (χ4v) is 2.96. The second kappa shape index (κ2) is 7.03. The molecule has 1 fully saturated rings. The fraction of sp³-hybridized carbons (Fsp3) is 0.429. The quantitative estimate of drug-likeness (QED) is 0.863. The normalized spacial score (nSPS) is 15.0. The number of carbonyl (C=O) groups excluding carboxylic acids is 2. The van der Waals surface area contributed by atoms with Crippen LogP contribution < -0.4 is 5.32 Å². The van der Waals surface area contributed by atoms with Crippen molar-refractivity contribution in [1.29, 1.82) is 0 Å². The van der Waals surface area contributed by atoms with E-state index in [0.29, 0.717) is 13.1 Å². The van der Waals surface area contributed by atoms with Gasteiger partial charge in [-0.15, -0.1) is 0 Å². The molecule has 0 spiro atoms. The van der Waals surface area contributed by atoms with Gasteiger partial charge >= 0.3 is 5.76 Å². The van der Waals surface area contributed by atoms with Gasteiger partial charge in [-0.3, -0.25) is 9.59 Å². The van der Waals surface area contributed by atoms with Gasteiger partial charge in [-0.1, -0.05) is 0 Å². The third kappa shape index (κ3) is 4.04. The van der Waals surface area contributed by atoms with Crippen molar-refractivity contribution in [2.24, 2.45) is 0 Å². The van der Waals surface area contributed by atoms with Crippen LogP contribution >= 0.6 is 0 Å². The van der Waals surface area contributed by atoms with Gasteiger partial charge in [0.1, 0.15) is 0 Å². The van der Waals surface area contributed by atoms with Crippen molar-refractivity contribution in [2.45, 2.75) is 23.5 Å². The molecule has 0 aromatic heterocycles. The van der Waals surface area contributed by atoms with Crippen molar-refractivity contribution < 1.29 is 26.8 Å². The number of carbonyl (C=O) groups is 2. The number of alkyl halides is 2. The average molecular weight is 346 g/mol. The van der Waals surface area contributed by atoms with Crippen LogP contribution in [0.1, 0.15) is 23.2 Å². The minimum atomic E-state index is -4.68. The van der Waals surface area contributed by atoms with Gasteiger partial charge in [-0.25, -0.2) is 8.42 Å². The first-order chi connectivity index (χ1) is 10.8. The first-order valence-corrected chi connectivity index (χ1v) is 8.55. The predicted molar refractivity (Wildman–Crippen MR) is 77.8 cm³/mol. The molecule has 0 bridgehead atoms. The fourth-order valence-electron chi connectivity index (χ4n) is 2.24. The number of hydrogen-bond donors (Lipinski definition) is 1. The summed E-state index contributed by atoms with van der Waals surface area (Å²) in [6, 6.07) is 4.15. The number of halogens is 2. The SMILES string of the molecule is O=C(NCC(=O)N1CCCC1)c1ccc(S(=O)(=O)C(F)F)cc1. The Labute approximate surface area is 132 Å². The van der Waals surface area contributed by atoms with E-state index in [0.717, 1.165) is 37.1 Å².